The molecule has 0 atom stereocenters. The number of nitrogens with zero attached hydrogens (tertiary/aromatic N) is 4. The quantitative estimate of drug-likeness (QED) is 0.617. The Labute approximate surface area is 123 Å². The Kier molecular flexibility index (Phi) is 2.65. The molecule has 0 bridgehead atoms. The van der Waals surface area contributed by atoms with Crippen molar-refractivity contribution in [1.29, 1.82) is 0 Å². The minimum absolute atomic E-state index is 0.172. The molecule has 21 heavy (non-hydrogen) atoms. The zero-order valence-electron chi connectivity index (χ0n) is 10.7. The first kappa shape index (κ1) is 12.0. The molecule has 6 nitrogen and oxygen atoms in total. The topological polar surface area (TPSA) is 72.2 Å². The average molecular weight is 295 g/mol. The maximum Gasteiger partial charge on any atom is 0.255 e. The van der Waals surface area contributed by atoms with Gasteiger partial charge < -0.3 is 5.32 Å². The van der Waals surface area contributed by atoms with Gasteiger partial charge in [0.15, 0.2) is 0 Å². The van der Waals surface area contributed by atoms with E-state index < -0.39 is 0 Å². The predicted octanol–water partition coefficient (Wildman–Crippen LogP) is 2.59. The Bertz CT molecular complexity index is 958. The largest absolute Gasteiger partial charge is 0.322 e. The van der Waals surface area contributed by atoms with E-state index in [1.807, 2.05) is 12.1 Å². The van der Waals surface area contributed by atoms with Crippen LogP contribution in [0, 0.1) is 0 Å². The third kappa shape index (κ3) is 2.13. The van der Waals surface area contributed by atoms with Gasteiger partial charge in [-0.15, -0.1) is 0 Å². The zero-order valence-corrected chi connectivity index (χ0v) is 11.5. The number of benzene rings is 1. The van der Waals surface area contributed by atoms with E-state index >= 15 is 0 Å². The summed E-state index contributed by atoms with van der Waals surface area (Å²) in [5.74, 6) is -0.172. The minimum Gasteiger partial charge on any atom is -0.322 e. The van der Waals surface area contributed by atoms with E-state index in [-0.39, 0.29) is 5.91 Å². The van der Waals surface area contributed by atoms with Crippen molar-refractivity contribution in [2.45, 2.75) is 0 Å². The van der Waals surface area contributed by atoms with Crippen LogP contribution in [0.3, 0.4) is 0 Å². The molecular weight excluding hydrogens is 286 g/mol. The van der Waals surface area contributed by atoms with E-state index in [0.717, 1.165) is 34.0 Å². The molecule has 0 aliphatic heterocycles. The first-order valence-corrected chi connectivity index (χ1v) is 7.00. The molecule has 0 saturated heterocycles. The number of hydrogen-bond acceptors (Lipinski definition) is 5. The molecule has 0 fully saturated rings. The third-order valence-corrected chi connectivity index (χ3v) is 3.73. The lowest BCUT2D eigenvalue weighted by Crippen LogP contribution is -2.11. The molecule has 0 aliphatic rings. The molecule has 1 N–H and O–H groups in total. The molecule has 102 valence electrons. The van der Waals surface area contributed by atoms with Crippen molar-refractivity contribution in [1.82, 2.24) is 18.4 Å². The number of aromatic nitrogens is 4. The van der Waals surface area contributed by atoms with Gasteiger partial charge in [0.05, 0.1) is 17.2 Å². The van der Waals surface area contributed by atoms with E-state index in [0.29, 0.717) is 5.56 Å². The Morgan fingerprint density at radius 1 is 1.10 bits per heavy atom. The molecule has 0 saturated carbocycles. The van der Waals surface area contributed by atoms with E-state index in [1.165, 1.54) is 0 Å². The fourth-order valence-electron chi connectivity index (χ4n) is 2.13. The summed E-state index contributed by atoms with van der Waals surface area (Å²) in [6.07, 6.45) is 3.52. The summed E-state index contributed by atoms with van der Waals surface area (Å²) >= 11 is 1.14. The lowest BCUT2D eigenvalue weighted by molar-refractivity contribution is 0.102. The summed E-state index contributed by atoms with van der Waals surface area (Å²) in [7, 11) is 0. The monoisotopic (exact) mass is 295 g/mol. The highest BCUT2D eigenvalue weighted by Crippen LogP contribution is 2.16. The number of fused-ring (bicyclic) bond motifs is 2. The number of pyridine rings is 1. The van der Waals surface area contributed by atoms with Crippen LogP contribution in [0.15, 0.2) is 48.8 Å². The van der Waals surface area contributed by atoms with Gasteiger partial charge in [-0.1, -0.05) is 0 Å². The molecule has 1 aromatic carbocycles. The van der Waals surface area contributed by atoms with E-state index in [4.69, 9.17) is 0 Å². The second-order valence-electron chi connectivity index (χ2n) is 4.54. The van der Waals surface area contributed by atoms with Crippen molar-refractivity contribution in [3.63, 3.8) is 0 Å². The normalized spacial score (nSPS) is 11.0. The number of amides is 1. The number of carbonyl (C=O) groups excluding carboxylic acids is 1. The van der Waals surface area contributed by atoms with Crippen LogP contribution >= 0.6 is 11.7 Å². The van der Waals surface area contributed by atoms with Crippen molar-refractivity contribution in [2.75, 3.05) is 5.32 Å². The molecule has 4 rings (SSSR count). The van der Waals surface area contributed by atoms with Gasteiger partial charge in [0, 0.05) is 23.6 Å². The van der Waals surface area contributed by atoms with Crippen LogP contribution in [0.25, 0.3) is 16.6 Å². The van der Waals surface area contributed by atoms with Gasteiger partial charge in [0.25, 0.3) is 5.91 Å². The Morgan fingerprint density at radius 3 is 2.95 bits per heavy atom. The fourth-order valence-corrected chi connectivity index (χ4v) is 2.64. The van der Waals surface area contributed by atoms with E-state index in [2.05, 4.69) is 19.2 Å². The molecule has 0 unspecified atom stereocenters. The van der Waals surface area contributed by atoms with Crippen molar-refractivity contribution >= 4 is 39.9 Å². The highest BCUT2D eigenvalue weighted by Gasteiger charge is 2.09. The molecule has 0 aliphatic carbocycles. The second kappa shape index (κ2) is 4.64. The SMILES string of the molecule is O=C(Nc1ccn2nccc2c1)c1ccc2nsnc2c1. The lowest BCUT2D eigenvalue weighted by atomic mass is 10.2. The highest BCUT2D eigenvalue weighted by atomic mass is 32.1. The number of nitrogens with one attached hydrogen (secondary N) is 1. The zero-order chi connectivity index (χ0) is 14.2. The number of hydrogen-bond donors (Lipinski definition) is 1. The predicted molar refractivity (Wildman–Crippen MR) is 80.6 cm³/mol. The van der Waals surface area contributed by atoms with Crippen LogP contribution in [-0.4, -0.2) is 24.3 Å². The minimum atomic E-state index is -0.172. The summed E-state index contributed by atoms with van der Waals surface area (Å²) in [6.45, 7) is 0. The summed E-state index contributed by atoms with van der Waals surface area (Å²) in [4.78, 5) is 12.3. The standard InChI is InChI=1S/C14H9N5OS/c20-14(9-1-2-12-13(7-9)18-21-17-12)16-10-4-6-19-11(8-10)3-5-15-19/h1-8H,(H,16,20). The van der Waals surface area contributed by atoms with Gasteiger partial charge in [-0.25, -0.2) is 4.52 Å². The van der Waals surface area contributed by atoms with Gasteiger partial charge in [0.2, 0.25) is 0 Å². The Morgan fingerprint density at radius 2 is 2.00 bits per heavy atom. The van der Waals surface area contributed by atoms with Gasteiger partial charge in [-0.05, 0) is 36.4 Å². The van der Waals surface area contributed by atoms with Gasteiger partial charge in [0.1, 0.15) is 11.0 Å². The van der Waals surface area contributed by atoms with Crippen molar-refractivity contribution < 1.29 is 4.79 Å². The Balaban J connectivity index is 1.64. The first-order valence-electron chi connectivity index (χ1n) is 6.27. The third-order valence-electron chi connectivity index (χ3n) is 3.17. The number of rotatable bonds is 2. The molecule has 0 radical (unpaired) electrons. The summed E-state index contributed by atoms with van der Waals surface area (Å²) < 4.78 is 10.0. The Hall–Kier alpha value is -2.80. The van der Waals surface area contributed by atoms with Crippen LogP contribution < -0.4 is 5.32 Å². The smallest absolute Gasteiger partial charge is 0.255 e. The fraction of sp³-hybridized carbons (Fsp3) is 0. The van der Waals surface area contributed by atoms with Crippen molar-refractivity contribution in [3.8, 4) is 0 Å². The van der Waals surface area contributed by atoms with Gasteiger partial charge in [-0.2, -0.15) is 13.8 Å². The highest BCUT2D eigenvalue weighted by molar-refractivity contribution is 7.00. The summed E-state index contributed by atoms with van der Waals surface area (Å²) in [6, 6.07) is 10.8. The maximum atomic E-state index is 12.3. The second-order valence-corrected chi connectivity index (χ2v) is 5.07. The molecule has 0 spiro atoms. The molecule has 3 aromatic heterocycles. The molecule has 4 aromatic rings. The average Bonchev–Trinajstić information content (AvgIpc) is 3.14. The lowest BCUT2D eigenvalue weighted by Gasteiger charge is -2.05. The number of carbonyl (C=O) groups is 1. The van der Waals surface area contributed by atoms with Crippen molar-refractivity contribution in [2.24, 2.45) is 0 Å². The maximum absolute atomic E-state index is 12.3. The van der Waals surface area contributed by atoms with Crippen LogP contribution in [-0.2, 0) is 0 Å². The van der Waals surface area contributed by atoms with E-state index in [9.17, 15) is 4.79 Å². The summed E-state index contributed by atoms with van der Waals surface area (Å²) in [5, 5.41) is 6.99. The van der Waals surface area contributed by atoms with Gasteiger partial charge >= 0.3 is 0 Å². The molecule has 7 heteroatoms. The van der Waals surface area contributed by atoms with Crippen LogP contribution in [0.2, 0.25) is 0 Å². The van der Waals surface area contributed by atoms with Crippen molar-refractivity contribution in [3.05, 3.63) is 54.4 Å². The molecule has 3 heterocycles. The van der Waals surface area contributed by atoms with Crippen LogP contribution in [0.5, 0.6) is 0 Å². The van der Waals surface area contributed by atoms with Crippen LogP contribution in [0.1, 0.15) is 10.4 Å². The summed E-state index contributed by atoms with van der Waals surface area (Å²) in [5.41, 5.74) is 3.75. The molecule has 1 amide bonds. The van der Waals surface area contributed by atoms with Crippen LogP contribution in [0.4, 0.5) is 5.69 Å². The molecular formula is C14H9N5OS. The van der Waals surface area contributed by atoms with Gasteiger partial charge in [-0.3, -0.25) is 4.79 Å². The van der Waals surface area contributed by atoms with E-state index in [1.54, 1.807) is 41.2 Å². The first-order chi connectivity index (χ1) is 10.3. The number of anilines is 1.